The third kappa shape index (κ3) is 6.48. The quantitative estimate of drug-likeness (QED) is 0.0948. The van der Waals surface area contributed by atoms with Crippen LogP contribution in [0, 0.1) is 29.1 Å². The van der Waals surface area contributed by atoms with Crippen LogP contribution in [-0.2, 0) is 10.8 Å². The minimum Gasteiger partial charge on any atom is -0.310 e. The molecule has 0 aliphatic carbocycles. The molecule has 0 spiro atoms. The van der Waals surface area contributed by atoms with Gasteiger partial charge in [-0.2, -0.15) is 5.10 Å². The molecule has 0 atom stereocenters. The first kappa shape index (κ1) is 41.8. The Morgan fingerprint density at radius 3 is 1.82 bits per heavy atom. The topological polar surface area (TPSA) is 38.9 Å². The van der Waals surface area contributed by atoms with Gasteiger partial charge in [-0.25, -0.2) is 31.6 Å². The molecule has 0 saturated heterocycles. The average molecular weight is 892 g/mol. The molecule has 0 unspecified atom stereocenters. The third-order valence-corrected chi connectivity index (χ3v) is 13.2. The van der Waals surface area contributed by atoms with Gasteiger partial charge < -0.3 is 4.90 Å². The van der Waals surface area contributed by atoms with E-state index in [-0.39, 0.29) is 22.4 Å². The summed E-state index contributed by atoms with van der Waals surface area (Å²) in [7, 11) is 0. The van der Waals surface area contributed by atoms with Gasteiger partial charge in [-0.05, 0) is 70.6 Å². The fourth-order valence-electron chi connectivity index (χ4n) is 9.79. The van der Waals surface area contributed by atoms with E-state index in [1.54, 1.807) is 65.3 Å². The van der Waals surface area contributed by atoms with E-state index in [9.17, 15) is 4.39 Å². The summed E-state index contributed by atoms with van der Waals surface area (Å²) in [5.41, 5.74) is 7.43. The van der Waals surface area contributed by atoms with Crippen molar-refractivity contribution in [1.29, 1.82) is 0 Å². The Balaban J connectivity index is 1.20. The van der Waals surface area contributed by atoms with Crippen LogP contribution >= 0.6 is 0 Å². The fraction of sp³-hybridized carbons (Fsp3) is 0.123. The van der Waals surface area contributed by atoms with Gasteiger partial charge in [-0.1, -0.05) is 144 Å². The highest BCUT2D eigenvalue weighted by atomic mass is 19.2. The zero-order valence-electron chi connectivity index (χ0n) is 37.2. The summed E-state index contributed by atoms with van der Waals surface area (Å²) in [4.78, 5) is 7.13. The number of nitrogens with zero attached hydrogens (tertiary/aromatic N) is 5. The SMILES string of the molecule is CC(C)(C)c1ccnc(-n2c3ccccc3c3ccc(N4c5ccccc5C(C)(C)c5ccc(-n6nc(-c7ccccc7)c(-c7c(F)c(F)c(F)c(F)c7F)c6-c6ccccc6)cc54)cc32)c1. The maximum Gasteiger partial charge on any atom is 0.200 e. The van der Waals surface area contributed by atoms with Crippen molar-refractivity contribution in [1.82, 2.24) is 19.3 Å². The first-order chi connectivity index (χ1) is 32.2. The van der Waals surface area contributed by atoms with E-state index in [4.69, 9.17) is 10.1 Å². The van der Waals surface area contributed by atoms with Gasteiger partial charge in [-0.15, -0.1) is 0 Å². The molecule has 330 valence electrons. The molecule has 11 rings (SSSR count). The molecule has 0 amide bonds. The van der Waals surface area contributed by atoms with Crippen LogP contribution in [0.5, 0.6) is 0 Å². The second-order valence-electron chi connectivity index (χ2n) is 18.5. The fourth-order valence-corrected chi connectivity index (χ4v) is 9.79. The van der Waals surface area contributed by atoms with Gasteiger partial charge in [-0.3, -0.25) is 4.57 Å². The number of pyridine rings is 1. The zero-order chi connectivity index (χ0) is 46.5. The van der Waals surface area contributed by atoms with Crippen molar-refractivity contribution >= 4 is 38.9 Å². The Labute approximate surface area is 384 Å². The molecule has 0 bridgehead atoms. The Morgan fingerprint density at radius 1 is 0.507 bits per heavy atom. The lowest BCUT2D eigenvalue weighted by Gasteiger charge is -2.42. The molecule has 0 N–H and O–H groups in total. The summed E-state index contributed by atoms with van der Waals surface area (Å²) in [5.74, 6) is -9.43. The highest BCUT2D eigenvalue weighted by Gasteiger charge is 2.38. The van der Waals surface area contributed by atoms with Crippen molar-refractivity contribution in [2.75, 3.05) is 4.90 Å². The first-order valence-electron chi connectivity index (χ1n) is 22.0. The van der Waals surface area contributed by atoms with Crippen LogP contribution < -0.4 is 4.90 Å². The van der Waals surface area contributed by atoms with Crippen LogP contribution in [0.2, 0.25) is 0 Å². The molecule has 3 aromatic heterocycles. The van der Waals surface area contributed by atoms with Crippen molar-refractivity contribution < 1.29 is 22.0 Å². The molecule has 0 saturated carbocycles. The largest absolute Gasteiger partial charge is 0.310 e. The summed E-state index contributed by atoms with van der Waals surface area (Å²) >= 11 is 0. The van der Waals surface area contributed by atoms with Crippen molar-refractivity contribution in [2.45, 2.75) is 45.4 Å². The highest BCUT2D eigenvalue weighted by molar-refractivity contribution is 6.10. The Hall–Kier alpha value is -7.85. The number of fused-ring (bicyclic) bond motifs is 5. The Bertz CT molecular complexity index is 3580. The number of para-hydroxylation sites is 2. The van der Waals surface area contributed by atoms with Crippen molar-refractivity contribution in [3.05, 3.63) is 210 Å². The summed E-state index contributed by atoms with van der Waals surface area (Å²) < 4.78 is 81.3. The molecule has 0 radical (unpaired) electrons. The Kier molecular flexibility index (Phi) is 9.60. The number of benzene rings is 7. The molecule has 10 heteroatoms. The second kappa shape index (κ2) is 15.4. The van der Waals surface area contributed by atoms with Gasteiger partial charge >= 0.3 is 0 Å². The summed E-state index contributed by atoms with van der Waals surface area (Å²) in [6, 6.07) is 50.5. The van der Waals surface area contributed by atoms with Gasteiger partial charge in [0.05, 0.1) is 39.4 Å². The lowest BCUT2D eigenvalue weighted by Crippen LogP contribution is -2.30. The highest BCUT2D eigenvalue weighted by Crippen LogP contribution is 2.54. The van der Waals surface area contributed by atoms with E-state index in [0.29, 0.717) is 16.8 Å². The van der Waals surface area contributed by atoms with Crippen molar-refractivity contribution in [3.8, 4) is 45.1 Å². The van der Waals surface area contributed by atoms with Crippen LogP contribution in [-0.4, -0.2) is 19.3 Å². The van der Waals surface area contributed by atoms with Gasteiger partial charge in [0.25, 0.3) is 0 Å². The molecule has 1 aliphatic rings. The maximum absolute atomic E-state index is 16.2. The molecular weight excluding hydrogens is 850 g/mol. The number of hydrogen-bond acceptors (Lipinski definition) is 3. The predicted octanol–water partition coefficient (Wildman–Crippen LogP) is 15.5. The standard InChI is InChI=1S/C57H42F5N5/c1-56(2,3)35-28-29-63-46(30-35)66-42-22-14-12-20-38(42)39-26-24-36(31-44(39)66)65-43-23-15-13-21-40(43)57(4,5)41-27-25-37(32-45(41)65)67-55(34-18-10-7-11-19-34)48(54(64-67)33-16-8-6-9-17-33)47-49(58)51(60)53(62)52(61)50(47)59/h6-32H,1-5H3. The molecule has 10 aromatic rings. The normalized spacial score (nSPS) is 13.3. The molecule has 7 aromatic carbocycles. The molecule has 0 fully saturated rings. The van der Waals surface area contributed by atoms with E-state index in [0.717, 1.165) is 61.4 Å². The summed E-state index contributed by atoms with van der Waals surface area (Å²) in [6.07, 6.45) is 1.86. The van der Waals surface area contributed by atoms with Gasteiger partial charge in [0, 0.05) is 44.8 Å². The minimum atomic E-state index is -2.24. The van der Waals surface area contributed by atoms with Crippen LogP contribution in [0.1, 0.15) is 51.3 Å². The maximum atomic E-state index is 16.2. The van der Waals surface area contributed by atoms with E-state index < -0.39 is 40.1 Å². The van der Waals surface area contributed by atoms with Crippen molar-refractivity contribution in [2.24, 2.45) is 0 Å². The number of aromatic nitrogens is 4. The molecule has 67 heavy (non-hydrogen) atoms. The number of anilines is 3. The summed E-state index contributed by atoms with van der Waals surface area (Å²) in [6.45, 7) is 10.9. The van der Waals surface area contributed by atoms with E-state index in [2.05, 4.69) is 98.7 Å². The van der Waals surface area contributed by atoms with E-state index in [1.807, 2.05) is 48.7 Å². The smallest absolute Gasteiger partial charge is 0.200 e. The van der Waals surface area contributed by atoms with E-state index in [1.165, 1.54) is 0 Å². The number of rotatable bonds is 6. The predicted molar refractivity (Wildman–Crippen MR) is 257 cm³/mol. The third-order valence-electron chi connectivity index (χ3n) is 13.2. The number of halogens is 5. The average Bonchev–Trinajstić information content (AvgIpc) is 3.89. The Morgan fingerprint density at radius 2 is 1.10 bits per heavy atom. The molecule has 4 heterocycles. The monoisotopic (exact) mass is 891 g/mol. The van der Waals surface area contributed by atoms with E-state index >= 15 is 17.6 Å². The van der Waals surface area contributed by atoms with Gasteiger partial charge in [0.2, 0.25) is 5.82 Å². The molecular formula is C57H42F5N5. The van der Waals surface area contributed by atoms with Crippen LogP contribution in [0.3, 0.4) is 0 Å². The molecule has 5 nitrogen and oxygen atoms in total. The second-order valence-corrected chi connectivity index (χ2v) is 18.5. The zero-order valence-corrected chi connectivity index (χ0v) is 37.2. The van der Waals surface area contributed by atoms with Gasteiger partial charge in [0.15, 0.2) is 23.3 Å². The van der Waals surface area contributed by atoms with Crippen LogP contribution in [0.25, 0.3) is 67.0 Å². The van der Waals surface area contributed by atoms with Gasteiger partial charge in [0.1, 0.15) is 11.5 Å². The lowest BCUT2D eigenvalue weighted by molar-refractivity contribution is 0.381. The van der Waals surface area contributed by atoms with Crippen LogP contribution in [0.4, 0.5) is 39.0 Å². The molecule has 1 aliphatic heterocycles. The van der Waals surface area contributed by atoms with Crippen molar-refractivity contribution in [3.63, 3.8) is 0 Å². The first-order valence-corrected chi connectivity index (χ1v) is 22.0. The summed E-state index contributed by atoms with van der Waals surface area (Å²) in [5, 5.41) is 7.18. The minimum absolute atomic E-state index is 0.0327. The van der Waals surface area contributed by atoms with Crippen LogP contribution in [0.15, 0.2) is 164 Å². The lowest BCUT2D eigenvalue weighted by atomic mass is 9.73. The number of hydrogen-bond donors (Lipinski definition) is 0.